The summed E-state index contributed by atoms with van der Waals surface area (Å²) in [7, 11) is 0. The van der Waals surface area contributed by atoms with Crippen molar-refractivity contribution >= 4 is 0 Å². The van der Waals surface area contributed by atoms with Crippen LogP contribution in [-0.2, 0) is 6.42 Å². The fourth-order valence-corrected chi connectivity index (χ4v) is 4.26. The number of unbranched alkanes of at least 4 members (excludes halogenated alkanes) is 4. The van der Waals surface area contributed by atoms with Crippen LogP contribution in [0.4, 0.5) is 0 Å². The molecule has 152 valence electrons. The second-order valence-electron chi connectivity index (χ2n) is 8.44. The molecule has 1 heteroatoms. The highest BCUT2D eigenvalue weighted by atomic mass is 16.5. The van der Waals surface area contributed by atoms with Gasteiger partial charge in [0.2, 0.25) is 0 Å². The molecule has 2 rings (SSSR count). The average Bonchev–Trinajstić information content (AvgIpc) is 2.70. The van der Waals surface area contributed by atoms with Crippen molar-refractivity contribution in [2.75, 3.05) is 6.61 Å². The first kappa shape index (κ1) is 22.1. The number of hydrogen-bond donors (Lipinski definition) is 0. The Labute approximate surface area is 168 Å². The van der Waals surface area contributed by atoms with Crippen LogP contribution in [-0.4, -0.2) is 6.61 Å². The normalized spacial score (nSPS) is 20.2. The van der Waals surface area contributed by atoms with Crippen molar-refractivity contribution in [1.29, 1.82) is 0 Å². The van der Waals surface area contributed by atoms with Gasteiger partial charge in [-0.05, 0) is 74.5 Å². The highest BCUT2D eigenvalue weighted by molar-refractivity contribution is 5.27. The third-order valence-corrected chi connectivity index (χ3v) is 6.04. The van der Waals surface area contributed by atoms with Gasteiger partial charge in [0.25, 0.3) is 0 Å². The molecule has 0 radical (unpaired) electrons. The van der Waals surface area contributed by atoms with Gasteiger partial charge < -0.3 is 4.74 Å². The Kier molecular flexibility index (Phi) is 11.3. The van der Waals surface area contributed by atoms with E-state index >= 15 is 0 Å². The molecule has 0 spiro atoms. The van der Waals surface area contributed by atoms with Crippen molar-refractivity contribution in [3.8, 4) is 5.75 Å². The van der Waals surface area contributed by atoms with Gasteiger partial charge in [0.15, 0.2) is 0 Å². The maximum atomic E-state index is 5.86. The standard InChI is InChI=1S/C26H42O/c1-3-5-6-7-10-22-27-26-20-18-25(19-21-26)13-9-8-12-24-16-14-23(11-4-2)15-17-24/h8,12,18-21,23-24H,3-7,9-11,13-17,22H2,1-2H3. The highest BCUT2D eigenvalue weighted by Crippen LogP contribution is 2.32. The van der Waals surface area contributed by atoms with Crippen LogP contribution in [0, 0.1) is 11.8 Å². The molecule has 1 aromatic rings. The minimum absolute atomic E-state index is 0.839. The van der Waals surface area contributed by atoms with E-state index in [1.54, 1.807) is 0 Å². The third-order valence-electron chi connectivity index (χ3n) is 6.04. The molecule has 1 nitrogen and oxygen atoms in total. The van der Waals surface area contributed by atoms with E-state index in [-0.39, 0.29) is 0 Å². The Bertz CT molecular complexity index is 493. The maximum absolute atomic E-state index is 5.86. The van der Waals surface area contributed by atoms with E-state index in [0.29, 0.717) is 0 Å². The zero-order valence-corrected chi connectivity index (χ0v) is 17.9. The van der Waals surface area contributed by atoms with Gasteiger partial charge in [0.1, 0.15) is 5.75 Å². The second kappa shape index (κ2) is 13.9. The summed E-state index contributed by atoms with van der Waals surface area (Å²) < 4.78 is 5.86. The first-order valence-electron chi connectivity index (χ1n) is 11.7. The Morgan fingerprint density at radius 2 is 1.63 bits per heavy atom. The lowest BCUT2D eigenvalue weighted by Crippen LogP contribution is -2.12. The molecule has 0 saturated heterocycles. The molecular weight excluding hydrogens is 328 g/mol. The quantitative estimate of drug-likeness (QED) is 0.251. The number of ether oxygens (including phenoxy) is 1. The van der Waals surface area contributed by atoms with Crippen LogP contribution in [0.2, 0.25) is 0 Å². The Balaban J connectivity index is 1.57. The molecule has 0 bridgehead atoms. The molecule has 0 aromatic heterocycles. The number of aryl methyl sites for hydroxylation is 1. The van der Waals surface area contributed by atoms with Crippen LogP contribution >= 0.6 is 0 Å². The lowest BCUT2D eigenvalue weighted by Gasteiger charge is -2.26. The number of hydrogen-bond acceptors (Lipinski definition) is 1. The van der Waals surface area contributed by atoms with Crippen molar-refractivity contribution in [2.45, 2.75) is 97.3 Å². The summed E-state index contributed by atoms with van der Waals surface area (Å²) in [4.78, 5) is 0. The molecule has 1 aliphatic carbocycles. The van der Waals surface area contributed by atoms with Crippen molar-refractivity contribution < 1.29 is 4.74 Å². The first-order valence-corrected chi connectivity index (χ1v) is 11.7. The number of rotatable bonds is 13. The van der Waals surface area contributed by atoms with Gasteiger partial charge in [-0.3, -0.25) is 0 Å². The van der Waals surface area contributed by atoms with E-state index in [2.05, 4.69) is 50.3 Å². The Hall–Kier alpha value is -1.24. The fourth-order valence-electron chi connectivity index (χ4n) is 4.26. The van der Waals surface area contributed by atoms with Crippen LogP contribution in [0.25, 0.3) is 0 Å². The van der Waals surface area contributed by atoms with Crippen LogP contribution in [0.3, 0.4) is 0 Å². The van der Waals surface area contributed by atoms with E-state index in [1.807, 2.05) is 0 Å². The van der Waals surface area contributed by atoms with E-state index in [9.17, 15) is 0 Å². The zero-order chi connectivity index (χ0) is 19.2. The molecule has 0 unspecified atom stereocenters. The molecular formula is C26H42O. The van der Waals surface area contributed by atoms with Gasteiger partial charge >= 0.3 is 0 Å². The molecule has 0 atom stereocenters. The summed E-state index contributed by atoms with van der Waals surface area (Å²) in [6, 6.07) is 8.74. The summed E-state index contributed by atoms with van der Waals surface area (Å²) in [5.74, 6) is 2.87. The summed E-state index contributed by atoms with van der Waals surface area (Å²) in [6.45, 7) is 5.43. The van der Waals surface area contributed by atoms with Crippen LogP contribution in [0.5, 0.6) is 5.75 Å². The number of allylic oxidation sites excluding steroid dienone is 2. The van der Waals surface area contributed by atoms with E-state index < -0.39 is 0 Å². The molecule has 0 aliphatic heterocycles. The highest BCUT2D eigenvalue weighted by Gasteiger charge is 2.18. The molecule has 0 N–H and O–H groups in total. The maximum Gasteiger partial charge on any atom is 0.119 e. The van der Waals surface area contributed by atoms with Gasteiger partial charge in [-0.1, -0.05) is 76.7 Å². The van der Waals surface area contributed by atoms with Gasteiger partial charge in [0, 0.05) is 0 Å². The minimum Gasteiger partial charge on any atom is -0.494 e. The summed E-state index contributed by atoms with van der Waals surface area (Å²) in [5, 5.41) is 0. The molecule has 1 saturated carbocycles. The first-order chi connectivity index (χ1) is 13.3. The molecule has 0 heterocycles. The van der Waals surface area contributed by atoms with Gasteiger partial charge in [-0.15, -0.1) is 0 Å². The lowest BCUT2D eigenvalue weighted by atomic mass is 9.80. The van der Waals surface area contributed by atoms with Crippen LogP contribution < -0.4 is 4.74 Å². The molecule has 1 aliphatic rings. The summed E-state index contributed by atoms with van der Waals surface area (Å²) in [5.41, 5.74) is 1.42. The second-order valence-corrected chi connectivity index (χ2v) is 8.44. The van der Waals surface area contributed by atoms with Crippen LogP contribution in [0.1, 0.15) is 96.5 Å². The third kappa shape index (κ3) is 9.49. The zero-order valence-electron chi connectivity index (χ0n) is 17.9. The lowest BCUT2D eigenvalue weighted by molar-refractivity contribution is 0.294. The van der Waals surface area contributed by atoms with E-state index in [4.69, 9.17) is 4.74 Å². The van der Waals surface area contributed by atoms with Crippen molar-refractivity contribution in [1.82, 2.24) is 0 Å². The molecule has 1 aromatic carbocycles. The fraction of sp³-hybridized carbons (Fsp3) is 0.692. The van der Waals surface area contributed by atoms with E-state index in [0.717, 1.165) is 37.0 Å². The monoisotopic (exact) mass is 370 g/mol. The van der Waals surface area contributed by atoms with Crippen molar-refractivity contribution in [2.24, 2.45) is 11.8 Å². The molecule has 1 fully saturated rings. The smallest absolute Gasteiger partial charge is 0.119 e. The molecule has 27 heavy (non-hydrogen) atoms. The minimum atomic E-state index is 0.839. The average molecular weight is 371 g/mol. The van der Waals surface area contributed by atoms with Crippen molar-refractivity contribution in [3.63, 3.8) is 0 Å². The van der Waals surface area contributed by atoms with Gasteiger partial charge in [-0.2, -0.15) is 0 Å². The Morgan fingerprint density at radius 1 is 0.889 bits per heavy atom. The molecule has 0 amide bonds. The Morgan fingerprint density at radius 3 is 2.33 bits per heavy atom. The van der Waals surface area contributed by atoms with E-state index in [1.165, 1.54) is 76.2 Å². The summed E-state index contributed by atoms with van der Waals surface area (Å²) >= 11 is 0. The van der Waals surface area contributed by atoms with Crippen molar-refractivity contribution in [3.05, 3.63) is 42.0 Å². The largest absolute Gasteiger partial charge is 0.494 e. The number of benzene rings is 1. The summed E-state index contributed by atoms with van der Waals surface area (Å²) in [6.07, 6.45) is 22.2. The topological polar surface area (TPSA) is 9.23 Å². The van der Waals surface area contributed by atoms with Crippen LogP contribution in [0.15, 0.2) is 36.4 Å². The predicted molar refractivity (Wildman–Crippen MR) is 119 cm³/mol. The van der Waals surface area contributed by atoms with Gasteiger partial charge in [0.05, 0.1) is 6.61 Å². The predicted octanol–water partition coefficient (Wildman–Crippen LogP) is 8.13. The SMILES string of the molecule is CCCCCCCOc1ccc(CCC=CC2CCC(CCC)CC2)cc1. The van der Waals surface area contributed by atoms with Gasteiger partial charge in [-0.25, -0.2) is 0 Å².